The van der Waals surface area contributed by atoms with E-state index in [0.29, 0.717) is 25.1 Å². The molecule has 90 valence electrons. The van der Waals surface area contributed by atoms with Crippen molar-refractivity contribution < 1.29 is 9.84 Å². The van der Waals surface area contributed by atoms with Gasteiger partial charge in [0.05, 0.1) is 12.7 Å². The van der Waals surface area contributed by atoms with Crippen LogP contribution in [0.3, 0.4) is 0 Å². The molecule has 2 N–H and O–H groups in total. The average molecular weight is 215 g/mol. The predicted molar refractivity (Wildman–Crippen MR) is 61.9 cm³/mol. The van der Waals surface area contributed by atoms with E-state index in [4.69, 9.17) is 4.74 Å². The van der Waals surface area contributed by atoms with E-state index in [2.05, 4.69) is 26.1 Å². The molecule has 0 amide bonds. The fraction of sp³-hybridized carbons (Fsp3) is 1.00. The maximum atomic E-state index is 9.61. The number of hydrogen-bond acceptors (Lipinski definition) is 3. The van der Waals surface area contributed by atoms with Crippen LogP contribution < -0.4 is 5.32 Å². The van der Waals surface area contributed by atoms with Crippen molar-refractivity contribution in [2.24, 2.45) is 11.8 Å². The summed E-state index contributed by atoms with van der Waals surface area (Å²) in [6.45, 7) is 8.29. The van der Waals surface area contributed by atoms with Crippen LogP contribution in [0, 0.1) is 11.8 Å². The van der Waals surface area contributed by atoms with Crippen molar-refractivity contribution in [3.8, 4) is 0 Å². The summed E-state index contributed by atoms with van der Waals surface area (Å²) in [6, 6.07) is 0.648. The minimum Gasteiger partial charge on any atom is -0.389 e. The second-order valence-electron chi connectivity index (χ2n) is 5.00. The van der Waals surface area contributed by atoms with E-state index in [0.717, 1.165) is 12.5 Å². The molecule has 1 rings (SSSR count). The van der Waals surface area contributed by atoms with Gasteiger partial charge in [0.15, 0.2) is 0 Å². The van der Waals surface area contributed by atoms with E-state index in [9.17, 15) is 5.11 Å². The minimum absolute atomic E-state index is 0.359. The van der Waals surface area contributed by atoms with Crippen LogP contribution in [0.2, 0.25) is 0 Å². The molecule has 0 radical (unpaired) electrons. The summed E-state index contributed by atoms with van der Waals surface area (Å²) in [5.41, 5.74) is 0. The third kappa shape index (κ3) is 5.50. The van der Waals surface area contributed by atoms with Gasteiger partial charge in [-0.1, -0.05) is 27.2 Å². The number of nitrogens with one attached hydrogen (secondary N) is 1. The standard InChI is InChI=1S/C12H25NO2/c1-4-10-5-12(10)13-6-11(14)8-15-7-9(2)3/h9-14H,4-8H2,1-3H3. The highest BCUT2D eigenvalue weighted by Crippen LogP contribution is 2.32. The van der Waals surface area contributed by atoms with Gasteiger partial charge in [-0.25, -0.2) is 0 Å². The summed E-state index contributed by atoms with van der Waals surface area (Å²) in [7, 11) is 0. The number of aliphatic hydroxyl groups is 1. The molecule has 0 heterocycles. The van der Waals surface area contributed by atoms with Crippen molar-refractivity contribution in [1.29, 1.82) is 0 Å². The van der Waals surface area contributed by atoms with Gasteiger partial charge in [-0.2, -0.15) is 0 Å². The summed E-state index contributed by atoms with van der Waals surface area (Å²) in [5, 5.41) is 13.0. The molecule has 1 saturated carbocycles. The van der Waals surface area contributed by atoms with Crippen molar-refractivity contribution in [2.45, 2.75) is 45.8 Å². The van der Waals surface area contributed by atoms with Gasteiger partial charge in [0.25, 0.3) is 0 Å². The zero-order valence-electron chi connectivity index (χ0n) is 10.2. The molecule has 1 aliphatic carbocycles. The summed E-state index contributed by atoms with van der Waals surface area (Å²) in [5.74, 6) is 1.38. The van der Waals surface area contributed by atoms with Crippen LogP contribution in [0.25, 0.3) is 0 Å². The topological polar surface area (TPSA) is 41.5 Å². The molecule has 3 heteroatoms. The van der Waals surface area contributed by atoms with Crippen LogP contribution in [-0.4, -0.2) is 37.0 Å². The smallest absolute Gasteiger partial charge is 0.0897 e. The third-order valence-corrected chi connectivity index (χ3v) is 2.82. The monoisotopic (exact) mass is 215 g/mol. The second kappa shape index (κ2) is 6.46. The molecule has 0 aromatic carbocycles. The van der Waals surface area contributed by atoms with Crippen molar-refractivity contribution in [1.82, 2.24) is 5.32 Å². The molecule has 0 aliphatic heterocycles. The van der Waals surface area contributed by atoms with Gasteiger partial charge in [-0.15, -0.1) is 0 Å². The van der Waals surface area contributed by atoms with Crippen LogP contribution in [0.15, 0.2) is 0 Å². The van der Waals surface area contributed by atoms with Gasteiger partial charge in [0.1, 0.15) is 0 Å². The van der Waals surface area contributed by atoms with Gasteiger partial charge in [-0.05, 0) is 18.3 Å². The molecule has 0 spiro atoms. The molecular weight excluding hydrogens is 190 g/mol. The van der Waals surface area contributed by atoms with Gasteiger partial charge >= 0.3 is 0 Å². The van der Waals surface area contributed by atoms with E-state index >= 15 is 0 Å². The molecule has 0 bridgehead atoms. The van der Waals surface area contributed by atoms with E-state index in [1.165, 1.54) is 12.8 Å². The molecule has 0 aromatic rings. The van der Waals surface area contributed by atoms with E-state index in [1.807, 2.05) is 0 Å². The fourth-order valence-corrected chi connectivity index (χ4v) is 1.73. The molecule has 1 aliphatic rings. The van der Waals surface area contributed by atoms with Gasteiger partial charge in [0.2, 0.25) is 0 Å². The number of rotatable bonds is 8. The van der Waals surface area contributed by atoms with Crippen molar-refractivity contribution in [3.05, 3.63) is 0 Å². The van der Waals surface area contributed by atoms with Crippen LogP contribution >= 0.6 is 0 Å². The highest BCUT2D eigenvalue weighted by Gasteiger charge is 2.34. The average Bonchev–Trinajstić information content (AvgIpc) is 2.92. The van der Waals surface area contributed by atoms with Crippen LogP contribution in [-0.2, 0) is 4.74 Å². The van der Waals surface area contributed by atoms with E-state index in [1.54, 1.807) is 0 Å². The Hall–Kier alpha value is -0.120. The molecule has 0 saturated heterocycles. The Morgan fingerprint density at radius 1 is 1.40 bits per heavy atom. The Balaban J connectivity index is 1.92. The second-order valence-corrected chi connectivity index (χ2v) is 5.00. The lowest BCUT2D eigenvalue weighted by molar-refractivity contribution is 0.0259. The van der Waals surface area contributed by atoms with E-state index < -0.39 is 0 Å². The Morgan fingerprint density at radius 3 is 2.67 bits per heavy atom. The van der Waals surface area contributed by atoms with Crippen molar-refractivity contribution >= 4 is 0 Å². The zero-order valence-corrected chi connectivity index (χ0v) is 10.2. The van der Waals surface area contributed by atoms with E-state index in [-0.39, 0.29) is 6.10 Å². The number of ether oxygens (including phenoxy) is 1. The lowest BCUT2D eigenvalue weighted by Crippen LogP contribution is -2.32. The normalized spacial score (nSPS) is 27.0. The molecular formula is C12H25NO2. The number of aliphatic hydroxyl groups excluding tert-OH is 1. The first-order valence-corrected chi connectivity index (χ1v) is 6.12. The Labute approximate surface area is 93.2 Å². The predicted octanol–water partition coefficient (Wildman–Crippen LogP) is 1.41. The molecule has 1 fully saturated rings. The Kier molecular flexibility index (Phi) is 5.58. The lowest BCUT2D eigenvalue weighted by atomic mass is 10.2. The summed E-state index contributed by atoms with van der Waals surface area (Å²) in [6.07, 6.45) is 2.16. The van der Waals surface area contributed by atoms with Gasteiger partial charge in [-0.3, -0.25) is 0 Å². The lowest BCUT2D eigenvalue weighted by Gasteiger charge is -2.13. The van der Waals surface area contributed by atoms with Crippen LogP contribution in [0.5, 0.6) is 0 Å². The fourth-order valence-electron chi connectivity index (χ4n) is 1.73. The minimum atomic E-state index is -0.359. The third-order valence-electron chi connectivity index (χ3n) is 2.82. The summed E-state index contributed by atoms with van der Waals surface area (Å²) >= 11 is 0. The highest BCUT2D eigenvalue weighted by atomic mass is 16.5. The van der Waals surface area contributed by atoms with Gasteiger partial charge < -0.3 is 15.2 Å². The largest absolute Gasteiger partial charge is 0.389 e. The SMILES string of the molecule is CCC1CC1NCC(O)COCC(C)C. The number of hydrogen-bond donors (Lipinski definition) is 2. The maximum absolute atomic E-state index is 9.61. The molecule has 3 unspecified atom stereocenters. The quantitative estimate of drug-likeness (QED) is 0.643. The summed E-state index contributed by atoms with van der Waals surface area (Å²) in [4.78, 5) is 0. The first-order chi connectivity index (χ1) is 7.13. The van der Waals surface area contributed by atoms with Crippen molar-refractivity contribution in [3.63, 3.8) is 0 Å². The Bertz CT molecular complexity index is 173. The first kappa shape index (κ1) is 12.9. The molecule has 15 heavy (non-hydrogen) atoms. The molecule has 0 aromatic heterocycles. The first-order valence-electron chi connectivity index (χ1n) is 6.12. The Morgan fingerprint density at radius 2 is 2.13 bits per heavy atom. The zero-order chi connectivity index (χ0) is 11.3. The van der Waals surface area contributed by atoms with Gasteiger partial charge in [0, 0.05) is 19.2 Å². The summed E-state index contributed by atoms with van der Waals surface area (Å²) < 4.78 is 5.37. The van der Waals surface area contributed by atoms with Crippen molar-refractivity contribution in [2.75, 3.05) is 19.8 Å². The van der Waals surface area contributed by atoms with Crippen LogP contribution in [0.4, 0.5) is 0 Å². The van der Waals surface area contributed by atoms with Crippen LogP contribution in [0.1, 0.15) is 33.6 Å². The molecule has 3 nitrogen and oxygen atoms in total. The molecule has 3 atom stereocenters. The maximum Gasteiger partial charge on any atom is 0.0897 e. The highest BCUT2D eigenvalue weighted by molar-refractivity contribution is 4.92.